The molecule has 116 valence electrons. The molecule has 1 saturated carbocycles. The highest BCUT2D eigenvalue weighted by molar-refractivity contribution is 9.10. The van der Waals surface area contributed by atoms with Crippen LogP contribution in [0.15, 0.2) is 28.7 Å². The highest BCUT2D eigenvalue weighted by Crippen LogP contribution is 2.36. The Morgan fingerprint density at radius 3 is 2.48 bits per heavy atom. The van der Waals surface area contributed by atoms with Gasteiger partial charge in [-0.2, -0.15) is 0 Å². The zero-order chi connectivity index (χ0) is 15.3. The van der Waals surface area contributed by atoms with E-state index in [0.717, 1.165) is 29.3 Å². The van der Waals surface area contributed by atoms with Crippen LogP contribution in [0, 0.1) is 5.41 Å². The van der Waals surface area contributed by atoms with Crippen LogP contribution in [0.1, 0.15) is 62.7 Å². The summed E-state index contributed by atoms with van der Waals surface area (Å²) in [6.07, 6.45) is 6.60. The van der Waals surface area contributed by atoms with Crippen LogP contribution >= 0.6 is 15.9 Å². The lowest BCUT2D eigenvalue weighted by Crippen LogP contribution is -2.26. The van der Waals surface area contributed by atoms with Gasteiger partial charge in [0.15, 0.2) is 5.78 Å². The van der Waals surface area contributed by atoms with Gasteiger partial charge in [0, 0.05) is 23.1 Å². The third-order valence-corrected chi connectivity index (χ3v) is 4.88. The minimum absolute atomic E-state index is 0.205. The maximum Gasteiger partial charge on any atom is 0.162 e. The van der Waals surface area contributed by atoms with Gasteiger partial charge in [-0.15, -0.1) is 0 Å². The van der Waals surface area contributed by atoms with Crippen LogP contribution in [0.25, 0.3) is 0 Å². The van der Waals surface area contributed by atoms with E-state index in [-0.39, 0.29) is 5.78 Å². The first-order valence-electron chi connectivity index (χ1n) is 7.87. The normalized spacial score (nSPS) is 18.6. The highest BCUT2D eigenvalue weighted by Gasteiger charge is 2.26. The molecule has 1 fully saturated rings. The fourth-order valence-electron chi connectivity index (χ4n) is 2.80. The van der Waals surface area contributed by atoms with E-state index in [2.05, 4.69) is 29.8 Å². The first-order chi connectivity index (χ1) is 9.96. The Labute approximate surface area is 136 Å². The van der Waals surface area contributed by atoms with Crippen molar-refractivity contribution in [3.05, 3.63) is 34.3 Å². The van der Waals surface area contributed by atoms with Crippen molar-refractivity contribution in [1.82, 2.24) is 0 Å². The van der Waals surface area contributed by atoms with E-state index in [1.54, 1.807) is 0 Å². The molecular formula is C18H25BrO2. The van der Waals surface area contributed by atoms with E-state index < -0.39 is 0 Å². The Morgan fingerprint density at radius 1 is 1.24 bits per heavy atom. The number of ketones is 1. The molecule has 0 radical (unpaired) electrons. The summed E-state index contributed by atoms with van der Waals surface area (Å²) >= 11 is 3.38. The largest absolute Gasteiger partial charge is 0.378 e. The molecule has 0 bridgehead atoms. The van der Waals surface area contributed by atoms with Crippen LogP contribution in [-0.4, -0.2) is 18.5 Å². The van der Waals surface area contributed by atoms with Gasteiger partial charge in [0.05, 0.1) is 6.10 Å². The van der Waals surface area contributed by atoms with E-state index in [1.165, 1.54) is 12.8 Å². The molecule has 0 heterocycles. The second kappa shape index (κ2) is 7.55. The molecule has 0 amide bonds. The average Bonchev–Trinajstić information content (AvgIpc) is 2.45. The lowest BCUT2D eigenvalue weighted by atomic mass is 9.76. The standard InChI is InChI=1S/C18H25BrO2/c1-18(2)11-9-16(10-12-18)21-13-3-4-17(20)14-5-7-15(19)8-6-14/h5-8,16H,3-4,9-13H2,1-2H3. The van der Waals surface area contributed by atoms with Crippen molar-refractivity contribution in [3.63, 3.8) is 0 Å². The SMILES string of the molecule is CC1(C)CCC(OCCCC(=O)c2ccc(Br)cc2)CC1. The number of hydrogen-bond acceptors (Lipinski definition) is 2. The molecular weight excluding hydrogens is 328 g/mol. The number of benzene rings is 1. The predicted octanol–water partition coefficient (Wildman–Crippen LogP) is 5.40. The average molecular weight is 353 g/mol. The Balaban J connectivity index is 1.64. The maximum atomic E-state index is 12.0. The molecule has 0 saturated heterocycles. The Morgan fingerprint density at radius 2 is 1.86 bits per heavy atom. The van der Waals surface area contributed by atoms with Crippen LogP contribution in [0.3, 0.4) is 0 Å². The molecule has 0 aromatic heterocycles. The lowest BCUT2D eigenvalue weighted by Gasteiger charge is -2.34. The predicted molar refractivity (Wildman–Crippen MR) is 89.7 cm³/mol. The van der Waals surface area contributed by atoms with Gasteiger partial charge in [-0.25, -0.2) is 0 Å². The molecule has 0 atom stereocenters. The molecule has 0 unspecified atom stereocenters. The van der Waals surface area contributed by atoms with Crippen LogP contribution in [-0.2, 0) is 4.74 Å². The number of carbonyl (C=O) groups is 1. The third kappa shape index (κ3) is 5.55. The molecule has 21 heavy (non-hydrogen) atoms. The van der Waals surface area contributed by atoms with Gasteiger partial charge in [-0.3, -0.25) is 4.79 Å². The number of ether oxygens (including phenoxy) is 1. The fourth-order valence-corrected chi connectivity index (χ4v) is 3.07. The second-order valence-corrected chi connectivity index (χ2v) is 7.68. The number of rotatable bonds is 6. The van der Waals surface area contributed by atoms with Crippen LogP contribution in [0.2, 0.25) is 0 Å². The van der Waals surface area contributed by atoms with Gasteiger partial charge in [0.25, 0.3) is 0 Å². The topological polar surface area (TPSA) is 26.3 Å². The third-order valence-electron chi connectivity index (χ3n) is 4.35. The minimum atomic E-state index is 0.205. The number of hydrogen-bond donors (Lipinski definition) is 0. The van der Waals surface area contributed by atoms with Crippen LogP contribution < -0.4 is 0 Å². The summed E-state index contributed by atoms with van der Waals surface area (Å²) in [6.45, 7) is 5.37. The summed E-state index contributed by atoms with van der Waals surface area (Å²) in [5, 5.41) is 0. The van der Waals surface area contributed by atoms with E-state index in [0.29, 0.717) is 24.5 Å². The molecule has 3 heteroatoms. The van der Waals surface area contributed by atoms with E-state index >= 15 is 0 Å². The lowest BCUT2D eigenvalue weighted by molar-refractivity contribution is 0.00311. The van der Waals surface area contributed by atoms with Crippen LogP contribution in [0.5, 0.6) is 0 Å². The fraction of sp³-hybridized carbons (Fsp3) is 0.611. The van der Waals surface area contributed by atoms with Crippen molar-refractivity contribution in [2.45, 2.75) is 58.5 Å². The van der Waals surface area contributed by atoms with E-state index in [1.807, 2.05) is 24.3 Å². The first-order valence-corrected chi connectivity index (χ1v) is 8.66. The highest BCUT2D eigenvalue weighted by atomic mass is 79.9. The van der Waals surface area contributed by atoms with Crippen molar-refractivity contribution < 1.29 is 9.53 Å². The molecule has 0 spiro atoms. The first kappa shape index (κ1) is 16.7. The number of Topliss-reactive ketones (excluding diaryl/α,β-unsaturated/α-hetero) is 1. The number of halogens is 1. The molecule has 2 rings (SSSR count). The van der Waals surface area contributed by atoms with Crippen molar-refractivity contribution in [2.75, 3.05) is 6.61 Å². The second-order valence-electron chi connectivity index (χ2n) is 6.77. The Kier molecular flexibility index (Phi) is 6.00. The summed E-state index contributed by atoms with van der Waals surface area (Å²) < 4.78 is 6.92. The van der Waals surface area contributed by atoms with Gasteiger partial charge < -0.3 is 4.74 Å². The van der Waals surface area contributed by atoms with Gasteiger partial charge >= 0.3 is 0 Å². The van der Waals surface area contributed by atoms with Crippen molar-refractivity contribution in [3.8, 4) is 0 Å². The minimum Gasteiger partial charge on any atom is -0.378 e. The van der Waals surface area contributed by atoms with Gasteiger partial charge in [0.2, 0.25) is 0 Å². The quantitative estimate of drug-likeness (QED) is 0.506. The monoisotopic (exact) mass is 352 g/mol. The van der Waals surface area contributed by atoms with Crippen LogP contribution in [0.4, 0.5) is 0 Å². The van der Waals surface area contributed by atoms with Crippen molar-refractivity contribution in [2.24, 2.45) is 5.41 Å². The smallest absolute Gasteiger partial charge is 0.162 e. The zero-order valence-corrected chi connectivity index (χ0v) is 14.6. The van der Waals surface area contributed by atoms with Gasteiger partial charge in [-0.05, 0) is 49.7 Å². The molecule has 1 aromatic rings. The molecule has 1 aliphatic rings. The zero-order valence-electron chi connectivity index (χ0n) is 13.0. The Hall–Kier alpha value is -0.670. The molecule has 0 N–H and O–H groups in total. The van der Waals surface area contributed by atoms with E-state index in [9.17, 15) is 4.79 Å². The van der Waals surface area contributed by atoms with Crippen molar-refractivity contribution >= 4 is 21.7 Å². The molecule has 1 aliphatic carbocycles. The van der Waals surface area contributed by atoms with Gasteiger partial charge in [-0.1, -0.05) is 41.9 Å². The summed E-state index contributed by atoms with van der Waals surface area (Å²) in [5.74, 6) is 0.205. The number of carbonyl (C=O) groups excluding carboxylic acids is 1. The molecule has 2 nitrogen and oxygen atoms in total. The maximum absolute atomic E-state index is 12.0. The van der Waals surface area contributed by atoms with Crippen molar-refractivity contribution in [1.29, 1.82) is 0 Å². The Bertz CT molecular complexity index is 455. The molecule has 1 aromatic carbocycles. The summed E-state index contributed by atoms with van der Waals surface area (Å²) in [4.78, 5) is 12.0. The molecule has 0 aliphatic heterocycles. The summed E-state index contributed by atoms with van der Waals surface area (Å²) in [5.41, 5.74) is 1.27. The van der Waals surface area contributed by atoms with Gasteiger partial charge in [0.1, 0.15) is 0 Å². The summed E-state index contributed by atoms with van der Waals surface area (Å²) in [6, 6.07) is 7.56. The van der Waals surface area contributed by atoms with E-state index in [4.69, 9.17) is 4.74 Å². The summed E-state index contributed by atoms with van der Waals surface area (Å²) in [7, 11) is 0.